The molecule has 2 aromatic carbocycles. The maximum Gasteiger partial charge on any atom is 0.343 e. The number of carbonyl (C=O) groups is 1. The van der Waals surface area contributed by atoms with Crippen LogP contribution in [0.5, 0.6) is 5.75 Å². The zero-order valence-electron chi connectivity index (χ0n) is 14.2. The van der Waals surface area contributed by atoms with Crippen molar-refractivity contribution < 1.29 is 14.5 Å². The Morgan fingerprint density at radius 1 is 1.12 bits per heavy atom. The van der Waals surface area contributed by atoms with E-state index >= 15 is 0 Å². The van der Waals surface area contributed by atoms with E-state index in [9.17, 15) is 14.9 Å². The van der Waals surface area contributed by atoms with Crippen LogP contribution in [0.4, 0.5) is 5.69 Å². The van der Waals surface area contributed by atoms with Gasteiger partial charge in [0.15, 0.2) is 0 Å². The monoisotopic (exact) mass is 353 g/mol. The van der Waals surface area contributed by atoms with Gasteiger partial charge in [-0.2, -0.15) is 5.10 Å². The number of ether oxygens (including phenoxy) is 1. The molecule has 0 saturated carbocycles. The maximum absolute atomic E-state index is 12.1. The highest BCUT2D eigenvalue weighted by Gasteiger charge is 2.13. The maximum atomic E-state index is 12.1. The number of piperidine rings is 1. The van der Waals surface area contributed by atoms with Crippen LogP contribution in [-0.4, -0.2) is 35.2 Å². The van der Waals surface area contributed by atoms with Gasteiger partial charge in [0.25, 0.3) is 5.69 Å². The van der Waals surface area contributed by atoms with Crippen molar-refractivity contribution >= 4 is 17.9 Å². The fraction of sp³-hybridized carbons (Fsp3) is 0.263. The highest BCUT2D eigenvalue weighted by molar-refractivity contribution is 5.91. The van der Waals surface area contributed by atoms with Crippen LogP contribution in [0.3, 0.4) is 0 Å². The third-order valence-corrected chi connectivity index (χ3v) is 4.09. The molecule has 1 heterocycles. The van der Waals surface area contributed by atoms with E-state index in [4.69, 9.17) is 4.74 Å². The van der Waals surface area contributed by atoms with Crippen LogP contribution in [0.2, 0.25) is 0 Å². The molecule has 7 nitrogen and oxygen atoms in total. The van der Waals surface area contributed by atoms with E-state index in [1.165, 1.54) is 43.5 Å². The fourth-order valence-electron chi connectivity index (χ4n) is 2.68. The molecular formula is C19H19N3O4. The minimum atomic E-state index is -0.636. The van der Waals surface area contributed by atoms with E-state index in [2.05, 4.69) is 10.1 Å². The SMILES string of the molecule is O=C(Oc1ccc(C=NN2CCCCC2)cc1)c1cccc([N+](=O)[O-])c1. The number of nitro benzene ring substituents is 1. The van der Waals surface area contributed by atoms with Crippen molar-refractivity contribution in [3.05, 3.63) is 69.8 Å². The van der Waals surface area contributed by atoms with Crippen LogP contribution in [0.15, 0.2) is 53.6 Å². The van der Waals surface area contributed by atoms with Crippen LogP contribution < -0.4 is 4.74 Å². The van der Waals surface area contributed by atoms with E-state index < -0.39 is 10.9 Å². The van der Waals surface area contributed by atoms with Crippen molar-refractivity contribution in [1.82, 2.24) is 5.01 Å². The third kappa shape index (κ3) is 4.66. The molecule has 0 N–H and O–H groups in total. The summed E-state index contributed by atoms with van der Waals surface area (Å²) in [6.45, 7) is 1.96. The number of hydrogen-bond acceptors (Lipinski definition) is 6. The van der Waals surface area contributed by atoms with E-state index in [1.807, 2.05) is 12.1 Å². The number of rotatable bonds is 5. The summed E-state index contributed by atoms with van der Waals surface area (Å²) in [5.74, 6) is -0.264. The molecule has 0 aliphatic carbocycles. The first-order valence-corrected chi connectivity index (χ1v) is 8.47. The Balaban J connectivity index is 1.61. The molecule has 26 heavy (non-hydrogen) atoms. The zero-order chi connectivity index (χ0) is 18.4. The molecule has 0 radical (unpaired) electrons. The molecule has 0 atom stereocenters. The minimum absolute atomic E-state index is 0.134. The molecule has 0 unspecified atom stereocenters. The molecule has 2 aromatic rings. The molecule has 7 heteroatoms. The first kappa shape index (κ1) is 17.6. The summed E-state index contributed by atoms with van der Waals surface area (Å²) in [6, 6.07) is 12.4. The summed E-state index contributed by atoms with van der Waals surface area (Å²) in [4.78, 5) is 22.4. The lowest BCUT2D eigenvalue weighted by Gasteiger charge is -2.23. The van der Waals surface area contributed by atoms with Crippen molar-refractivity contribution in [3.63, 3.8) is 0 Å². The van der Waals surface area contributed by atoms with Crippen LogP contribution in [0, 0.1) is 10.1 Å². The topological polar surface area (TPSA) is 85.0 Å². The largest absolute Gasteiger partial charge is 0.423 e. The predicted octanol–water partition coefficient (Wildman–Crippen LogP) is 3.63. The van der Waals surface area contributed by atoms with E-state index in [-0.39, 0.29) is 11.3 Å². The minimum Gasteiger partial charge on any atom is -0.423 e. The molecule has 1 aliphatic rings. The molecule has 0 spiro atoms. The summed E-state index contributed by atoms with van der Waals surface area (Å²) in [5.41, 5.74) is 0.893. The number of nitro groups is 1. The summed E-state index contributed by atoms with van der Waals surface area (Å²) < 4.78 is 5.27. The Morgan fingerprint density at radius 2 is 1.85 bits per heavy atom. The van der Waals surface area contributed by atoms with Gasteiger partial charge in [0, 0.05) is 25.2 Å². The number of benzene rings is 2. The van der Waals surface area contributed by atoms with Gasteiger partial charge < -0.3 is 4.74 Å². The third-order valence-electron chi connectivity index (χ3n) is 4.09. The molecule has 1 fully saturated rings. The Hall–Kier alpha value is -3.22. The Kier molecular flexibility index (Phi) is 5.58. The first-order valence-electron chi connectivity index (χ1n) is 8.47. The van der Waals surface area contributed by atoms with Gasteiger partial charge >= 0.3 is 5.97 Å². The average Bonchev–Trinajstić information content (AvgIpc) is 2.68. The standard InChI is InChI=1S/C19H19N3O4/c23-19(16-5-4-6-17(13-16)22(24)25)26-18-9-7-15(8-10-18)14-20-21-11-2-1-3-12-21/h4-10,13-14H,1-3,11-12H2. The van der Waals surface area contributed by atoms with Gasteiger partial charge in [0.05, 0.1) is 16.7 Å². The van der Waals surface area contributed by atoms with Gasteiger partial charge in [-0.15, -0.1) is 0 Å². The van der Waals surface area contributed by atoms with Gasteiger partial charge in [-0.1, -0.05) is 6.07 Å². The second-order valence-electron chi connectivity index (χ2n) is 6.02. The quantitative estimate of drug-likeness (QED) is 0.269. The number of esters is 1. The van der Waals surface area contributed by atoms with Crippen LogP contribution in [-0.2, 0) is 0 Å². The molecule has 134 valence electrons. The normalized spacial score (nSPS) is 14.4. The molecule has 1 saturated heterocycles. The Morgan fingerprint density at radius 3 is 2.54 bits per heavy atom. The second kappa shape index (κ2) is 8.24. The Labute approximate surface area is 151 Å². The fourth-order valence-corrected chi connectivity index (χ4v) is 2.68. The van der Waals surface area contributed by atoms with Crippen molar-refractivity contribution in [3.8, 4) is 5.75 Å². The lowest BCUT2D eigenvalue weighted by molar-refractivity contribution is -0.384. The van der Waals surface area contributed by atoms with Crippen molar-refractivity contribution in [2.24, 2.45) is 5.10 Å². The van der Waals surface area contributed by atoms with E-state index in [1.54, 1.807) is 18.3 Å². The number of nitrogens with zero attached hydrogens (tertiary/aromatic N) is 3. The summed E-state index contributed by atoms with van der Waals surface area (Å²) in [6.07, 6.45) is 5.39. The van der Waals surface area contributed by atoms with E-state index in [0.29, 0.717) is 5.75 Å². The van der Waals surface area contributed by atoms with Gasteiger partial charge in [-0.3, -0.25) is 15.1 Å². The van der Waals surface area contributed by atoms with Crippen molar-refractivity contribution in [2.75, 3.05) is 13.1 Å². The molecule has 1 aliphatic heterocycles. The number of carbonyl (C=O) groups excluding carboxylic acids is 1. The van der Waals surface area contributed by atoms with Gasteiger partial charge in [0.2, 0.25) is 0 Å². The van der Waals surface area contributed by atoms with Gasteiger partial charge in [-0.05, 0) is 55.2 Å². The summed E-state index contributed by atoms with van der Waals surface area (Å²) in [5, 5.41) is 17.3. The molecule has 0 aromatic heterocycles. The number of non-ortho nitro benzene ring substituents is 1. The van der Waals surface area contributed by atoms with Gasteiger partial charge in [-0.25, -0.2) is 4.79 Å². The number of hydrazone groups is 1. The summed E-state index contributed by atoms with van der Waals surface area (Å²) in [7, 11) is 0. The lowest BCUT2D eigenvalue weighted by Crippen LogP contribution is -2.24. The molecule has 0 amide bonds. The molecule has 3 rings (SSSR count). The van der Waals surface area contributed by atoms with Crippen molar-refractivity contribution in [2.45, 2.75) is 19.3 Å². The van der Waals surface area contributed by atoms with E-state index in [0.717, 1.165) is 18.7 Å². The highest BCUT2D eigenvalue weighted by Crippen LogP contribution is 2.17. The predicted molar refractivity (Wildman–Crippen MR) is 97.5 cm³/mol. The van der Waals surface area contributed by atoms with Crippen LogP contribution in [0.1, 0.15) is 35.2 Å². The van der Waals surface area contributed by atoms with Crippen molar-refractivity contribution in [1.29, 1.82) is 0 Å². The van der Waals surface area contributed by atoms with Crippen LogP contribution in [0.25, 0.3) is 0 Å². The first-order chi connectivity index (χ1) is 12.6. The highest BCUT2D eigenvalue weighted by atomic mass is 16.6. The average molecular weight is 353 g/mol. The van der Waals surface area contributed by atoms with Crippen LogP contribution >= 0.6 is 0 Å². The lowest BCUT2D eigenvalue weighted by atomic mass is 10.2. The summed E-state index contributed by atoms with van der Waals surface area (Å²) >= 11 is 0. The molecular weight excluding hydrogens is 334 g/mol. The molecule has 0 bridgehead atoms. The smallest absolute Gasteiger partial charge is 0.343 e. The Bertz CT molecular complexity index is 812. The number of hydrogen-bond donors (Lipinski definition) is 0. The second-order valence-corrected chi connectivity index (χ2v) is 6.02. The van der Waals surface area contributed by atoms with Gasteiger partial charge in [0.1, 0.15) is 5.75 Å². The zero-order valence-corrected chi connectivity index (χ0v) is 14.2.